The summed E-state index contributed by atoms with van der Waals surface area (Å²) in [7, 11) is 4.05. The van der Waals surface area contributed by atoms with Gasteiger partial charge in [-0.15, -0.1) is 0 Å². The Hall–Kier alpha value is -1.51. The molecule has 92 valence electrons. The predicted octanol–water partition coefficient (Wildman–Crippen LogP) is 2.92. The van der Waals surface area contributed by atoms with E-state index in [9.17, 15) is 0 Å². The number of nitrogens with zero attached hydrogens (tertiary/aromatic N) is 2. The molecule has 0 fully saturated rings. The lowest BCUT2D eigenvalue weighted by molar-refractivity contribution is 0.504. The molecule has 17 heavy (non-hydrogen) atoms. The number of anilines is 2. The monoisotopic (exact) mass is 231 g/mol. The van der Waals surface area contributed by atoms with Crippen LogP contribution in [0, 0.1) is 5.92 Å². The minimum Gasteiger partial charge on any atom is -0.382 e. The van der Waals surface area contributed by atoms with Crippen molar-refractivity contribution in [2.45, 2.75) is 19.3 Å². The number of pyridine rings is 1. The summed E-state index contributed by atoms with van der Waals surface area (Å²) in [6.45, 7) is 1.04. The zero-order valence-corrected chi connectivity index (χ0v) is 10.7. The van der Waals surface area contributed by atoms with Gasteiger partial charge in [-0.3, -0.25) is 0 Å². The molecule has 0 radical (unpaired) electrons. The Morgan fingerprint density at radius 3 is 3.00 bits per heavy atom. The van der Waals surface area contributed by atoms with Crippen molar-refractivity contribution in [1.29, 1.82) is 0 Å². The summed E-state index contributed by atoms with van der Waals surface area (Å²) in [4.78, 5) is 6.44. The van der Waals surface area contributed by atoms with Crippen LogP contribution < -0.4 is 10.2 Å². The van der Waals surface area contributed by atoms with E-state index in [1.54, 1.807) is 0 Å². The van der Waals surface area contributed by atoms with Crippen LogP contribution in [0.4, 0.5) is 11.5 Å². The fourth-order valence-electron chi connectivity index (χ4n) is 2.19. The number of allylic oxidation sites excluding steroid dienone is 2. The lowest BCUT2D eigenvalue weighted by atomic mass is 9.94. The van der Waals surface area contributed by atoms with Crippen molar-refractivity contribution in [2.24, 2.45) is 5.92 Å². The Kier molecular flexibility index (Phi) is 4.02. The number of hydrogen-bond donors (Lipinski definition) is 1. The molecule has 1 aliphatic carbocycles. The van der Waals surface area contributed by atoms with Gasteiger partial charge < -0.3 is 10.2 Å². The van der Waals surface area contributed by atoms with Crippen LogP contribution in [-0.2, 0) is 0 Å². The molecule has 1 aromatic heterocycles. The largest absolute Gasteiger partial charge is 0.382 e. The average Bonchev–Trinajstić information content (AvgIpc) is 2.38. The number of nitrogens with one attached hydrogen (secondary N) is 1. The normalized spacial score (nSPS) is 19.1. The van der Waals surface area contributed by atoms with E-state index in [1.165, 1.54) is 19.3 Å². The van der Waals surface area contributed by atoms with Gasteiger partial charge in [-0.1, -0.05) is 12.2 Å². The van der Waals surface area contributed by atoms with Gasteiger partial charge in [0.15, 0.2) is 5.82 Å². The van der Waals surface area contributed by atoms with Crippen LogP contribution >= 0.6 is 0 Å². The summed E-state index contributed by atoms with van der Waals surface area (Å²) in [5.74, 6) is 1.77. The van der Waals surface area contributed by atoms with E-state index >= 15 is 0 Å². The molecule has 0 saturated heterocycles. The van der Waals surface area contributed by atoms with E-state index in [0.717, 1.165) is 24.0 Å². The van der Waals surface area contributed by atoms with Crippen molar-refractivity contribution < 1.29 is 0 Å². The molecule has 0 saturated carbocycles. The second-order valence-electron chi connectivity index (χ2n) is 4.80. The molecule has 0 spiro atoms. The highest BCUT2D eigenvalue weighted by molar-refractivity contribution is 5.64. The summed E-state index contributed by atoms with van der Waals surface area (Å²) in [5.41, 5.74) is 1.13. The highest BCUT2D eigenvalue weighted by Crippen LogP contribution is 2.23. The van der Waals surface area contributed by atoms with Gasteiger partial charge in [0.05, 0.1) is 5.69 Å². The topological polar surface area (TPSA) is 28.2 Å². The van der Waals surface area contributed by atoms with E-state index in [0.29, 0.717) is 0 Å². The first kappa shape index (κ1) is 12.0. The van der Waals surface area contributed by atoms with Gasteiger partial charge in [-0.25, -0.2) is 4.98 Å². The van der Waals surface area contributed by atoms with Crippen LogP contribution in [0.25, 0.3) is 0 Å². The third kappa shape index (κ3) is 3.22. The smallest absolute Gasteiger partial charge is 0.151 e. The van der Waals surface area contributed by atoms with Crippen molar-refractivity contribution in [3.63, 3.8) is 0 Å². The lowest BCUT2D eigenvalue weighted by Gasteiger charge is -2.21. The van der Waals surface area contributed by atoms with Gasteiger partial charge >= 0.3 is 0 Å². The maximum absolute atomic E-state index is 4.39. The molecule has 2 rings (SSSR count). The number of hydrogen-bond acceptors (Lipinski definition) is 3. The first-order valence-electron chi connectivity index (χ1n) is 6.28. The van der Waals surface area contributed by atoms with Gasteiger partial charge in [0, 0.05) is 26.8 Å². The highest BCUT2D eigenvalue weighted by Gasteiger charge is 2.11. The van der Waals surface area contributed by atoms with Crippen LogP contribution in [0.15, 0.2) is 30.5 Å². The van der Waals surface area contributed by atoms with Crippen LogP contribution in [0.1, 0.15) is 19.3 Å². The Bertz CT molecular complexity index is 385. The molecule has 0 aliphatic heterocycles. The molecule has 1 heterocycles. The third-order valence-corrected chi connectivity index (χ3v) is 3.17. The summed E-state index contributed by atoms with van der Waals surface area (Å²) < 4.78 is 0. The minimum atomic E-state index is 0.759. The molecule has 1 aromatic rings. The second-order valence-corrected chi connectivity index (χ2v) is 4.80. The van der Waals surface area contributed by atoms with Gasteiger partial charge in [0.1, 0.15) is 0 Å². The molecule has 3 nitrogen and oxygen atoms in total. The second kappa shape index (κ2) is 5.71. The molecule has 1 N–H and O–H groups in total. The molecule has 1 atom stereocenters. The maximum Gasteiger partial charge on any atom is 0.151 e. The zero-order valence-electron chi connectivity index (χ0n) is 10.7. The average molecular weight is 231 g/mol. The Morgan fingerprint density at radius 1 is 1.41 bits per heavy atom. The number of rotatable bonds is 4. The lowest BCUT2D eigenvalue weighted by Crippen LogP contribution is -2.18. The maximum atomic E-state index is 4.39. The fourth-order valence-corrected chi connectivity index (χ4v) is 2.19. The van der Waals surface area contributed by atoms with E-state index in [4.69, 9.17) is 0 Å². The van der Waals surface area contributed by atoms with Crippen LogP contribution in [0.5, 0.6) is 0 Å². The Balaban J connectivity index is 1.96. The summed E-state index contributed by atoms with van der Waals surface area (Å²) in [6.07, 6.45) is 10.1. The molecule has 0 amide bonds. The molecule has 0 aromatic carbocycles. The van der Waals surface area contributed by atoms with Crippen LogP contribution in [0.2, 0.25) is 0 Å². The van der Waals surface area contributed by atoms with Gasteiger partial charge in [-0.05, 0) is 37.3 Å². The van der Waals surface area contributed by atoms with Gasteiger partial charge in [-0.2, -0.15) is 0 Å². The minimum absolute atomic E-state index is 0.759. The van der Waals surface area contributed by atoms with Crippen LogP contribution in [0.3, 0.4) is 0 Å². The summed E-state index contributed by atoms with van der Waals surface area (Å²) >= 11 is 0. The van der Waals surface area contributed by atoms with E-state index in [-0.39, 0.29) is 0 Å². The van der Waals surface area contributed by atoms with Crippen molar-refractivity contribution in [2.75, 3.05) is 30.9 Å². The van der Waals surface area contributed by atoms with E-state index in [1.807, 2.05) is 31.3 Å². The van der Waals surface area contributed by atoms with Crippen molar-refractivity contribution in [1.82, 2.24) is 4.98 Å². The molecule has 3 heteroatoms. The molecule has 1 aliphatic rings. The van der Waals surface area contributed by atoms with Crippen LogP contribution in [-0.4, -0.2) is 25.6 Å². The first-order chi connectivity index (χ1) is 8.27. The quantitative estimate of drug-likeness (QED) is 0.808. The molecule has 1 unspecified atom stereocenters. The Morgan fingerprint density at radius 2 is 2.29 bits per heavy atom. The predicted molar refractivity (Wildman–Crippen MR) is 73.5 cm³/mol. The molecular weight excluding hydrogens is 210 g/mol. The van der Waals surface area contributed by atoms with Crippen molar-refractivity contribution in [3.05, 3.63) is 30.5 Å². The molecule has 0 bridgehead atoms. The standard InChI is InChI=1S/C14H21N3/c1-17(2)14-13(9-6-10-15-14)16-11-12-7-4-3-5-8-12/h3-4,6,9-10,12,16H,5,7-8,11H2,1-2H3. The highest BCUT2D eigenvalue weighted by atomic mass is 15.2. The number of aromatic nitrogens is 1. The first-order valence-corrected chi connectivity index (χ1v) is 6.28. The van der Waals surface area contributed by atoms with Crippen molar-refractivity contribution >= 4 is 11.5 Å². The van der Waals surface area contributed by atoms with Gasteiger partial charge in [0.25, 0.3) is 0 Å². The zero-order chi connectivity index (χ0) is 12.1. The SMILES string of the molecule is CN(C)c1ncccc1NCC1CC=CCC1. The summed E-state index contributed by atoms with van der Waals surface area (Å²) in [6, 6.07) is 4.08. The Labute approximate surface area is 104 Å². The fraction of sp³-hybridized carbons (Fsp3) is 0.500. The van der Waals surface area contributed by atoms with E-state index in [2.05, 4.69) is 28.5 Å². The van der Waals surface area contributed by atoms with E-state index < -0.39 is 0 Å². The third-order valence-electron chi connectivity index (χ3n) is 3.17. The van der Waals surface area contributed by atoms with Gasteiger partial charge in [0.2, 0.25) is 0 Å². The van der Waals surface area contributed by atoms with Crippen molar-refractivity contribution in [3.8, 4) is 0 Å². The molecular formula is C14H21N3. The summed E-state index contributed by atoms with van der Waals surface area (Å²) in [5, 5.41) is 3.53.